The second-order valence-corrected chi connectivity index (χ2v) is 5.28. The molecule has 2 saturated heterocycles. The molecule has 1 aromatic rings. The summed E-state index contributed by atoms with van der Waals surface area (Å²) in [6.07, 6.45) is 1.69. The van der Waals surface area contributed by atoms with Crippen molar-refractivity contribution in [3.63, 3.8) is 0 Å². The molecular weight excluding hydrogens is 258 g/mol. The Kier molecular flexibility index (Phi) is 3.27. The fraction of sp³-hybridized carbons (Fsp3) is 0.500. The van der Waals surface area contributed by atoms with Crippen molar-refractivity contribution in [2.75, 3.05) is 37.8 Å². The van der Waals surface area contributed by atoms with Gasteiger partial charge in [0, 0.05) is 24.3 Å². The van der Waals surface area contributed by atoms with Gasteiger partial charge in [0.05, 0.1) is 25.3 Å². The number of nitrogens with zero attached hydrogens (tertiary/aromatic N) is 1. The number of likely N-dealkylation sites (tertiary alicyclic amines) is 1. The molecule has 108 valence electrons. The fourth-order valence-electron chi connectivity index (χ4n) is 2.84. The van der Waals surface area contributed by atoms with Gasteiger partial charge in [0.1, 0.15) is 0 Å². The quantitative estimate of drug-likeness (QED) is 0.742. The van der Waals surface area contributed by atoms with Gasteiger partial charge in [-0.15, -0.1) is 0 Å². The van der Waals surface area contributed by atoms with Gasteiger partial charge in [-0.05, 0) is 24.6 Å². The molecule has 1 aromatic carbocycles. The number of ether oxygens (including phenoxy) is 2. The molecule has 0 bridgehead atoms. The summed E-state index contributed by atoms with van der Waals surface area (Å²) in [5, 5.41) is 0. The summed E-state index contributed by atoms with van der Waals surface area (Å²) in [4.78, 5) is 14.3. The van der Waals surface area contributed by atoms with Crippen LogP contribution in [0.3, 0.4) is 0 Å². The smallest absolute Gasteiger partial charge is 0.256 e. The topological polar surface area (TPSA) is 90.8 Å². The van der Waals surface area contributed by atoms with Crippen molar-refractivity contribution in [3.8, 4) is 0 Å². The van der Waals surface area contributed by atoms with Crippen LogP contribution in [0.2, 0.25) is 0 Å². The van der Waals surface area contributed by atoms with E-state index in [0.717, 1.165) is 12.8 Å². The minimum atomic E-state index is -0.615. The van der Waals surface area contributed by atoms with E-state index in [1.807, 2.05) is 0 Å². The molecule has 1 amide bonds. The zero-order chi connectivity index (χ0) is 14.2. The van der Waals surface area contributed by atoms with Crippen LogP contribution in [0.15, 0.2) is 18.2 Å². The van der Waals surface area contributed by atoms with Gasteiger partial charge in [0.25, 0.3) is 5.91 Å². The molecule has 4 N–H and O–H groups in total. The van der Waals surface area contributed by atoms with Gasteiger partial charge in [-0.3, -0.25) is 4.79 Å². The van der Waals surface area contributed by atoms with E-state index in [2.05, 4.69) is 0 Å². The molecule has 0 saturated carbocycles. The van der Waals surface area contributed by atoms with Crippen LogP contribution in [0, 0.1) is 0 Å². The van der Waals surface area contributed by atoms with Crippen LogP contribution in [-0.4, -0.2) is 42.9 Å². The standard InChI is InChI=1S/C14H19N3O3/c15-10-2-3-11(12(16)8-10)13(18)17-5-1-4-14(9-17)19-6-7-20-14/h2-3,8H,1,4-7,9,15-16H2. The van der Waals surface area contributed by atoms with Crippen molar-refractivity contribution >= 4 is 17.3 Å². The zero-order valence-electron chi connectivity index (χ0n) is 11.3. The highest BCUT2D eigenvalue weighted by atomic mass is 16.7. The number of amides is 1. The average molecular weight is 277 g/mol. The van der Waals surface area contributed by atoms with Crippen molar-refractivity contribution in [1.82, 2.24) is 4.90 Å². The summed E-state index contributed by atoms with van der Waals surface area (Å²) in [6.45, 7) is 2.32. The van der Waals surface area contributed by atoms with Gasteiger partial charge < -0.3 is 25.8 Å². The Balaban J connectivity index is 1.79. The molecule has 2 aliphatic heterocycles. The Hall–Kier alpha value is -1.79. The molecule has 2 heterocycles. The maximum Gasteiger partial charge on any atom is 0.256 e. The minimum absolute atomic E-state index is 0.0966. The van der Waals surface area contributed by atoms with Gasteiger partial charge >= 0.3 is 0 Å². The number of carbonyl (C=O) groups is 1. The molecule has 0 aromatic heterocycles. The Labute approximate surface area is 117 Å². The van der Waals surface area contributed by atoms with Gasteiger partial charge in [-0.25, -0.2) is 0 Å². The number of hydrogen-bond acceptors (Lipinski definition) is 5. The van der Waals surface area contributed by atoms with E-state index in [4.69, 9.17) is 20.9 Å². The van der Waals surface area contributed by atoms with Crippen LogP contribution in [0.4, 0.5) is 11.4 Å². The Morgan fingerprint density at radius 2 is 2.00 bits per heavy atom. The lowest BCUT2D eigenvalue weighted by atomic mass is 10.0. The predicted octanol–water partition coefficient (Wildman–Crippen LogP) is 0.830. The highest BCUT2D eigenvalue weighted by Gasteiger charge is 2.42. The molecule has 2 fully saturated rings. The lowest BCUT2D eigenvalue weighted by Crippen LogP contribution is -2.51. The van der Waals surface area contributed by atoms with E-state index in [9.17, 15) is 4.79 Å². The van der Waals surface area contributed by atoms with Crippen molar-refractivity contribution in [1.29, 1.82) is 0 Å². The summed E-state index contributed by atoms with van der Waals surface area (Å²) in [6, 6.07) is 4.96. The van der Waals surface area contributed by atoms with Crippen LogP contribution in [0.25, 0.3) is 0 Å². The summed E-state index contributed by atoms with van der Waals surface area (Å²) < 4.78 is 11.4. The first-order valence-electron chi connectivity index (χ1n) is 6.82. The van der Waals surface area contributed by atoms with E-state index < -0.39 is 5.79 Å². The van der Waals surface area contributed by atoms with Gasteiger partial charge in [0.15, 0.2) is 5.79 Å². The van der Waals surface area contributed by atoms with E-state index >= 15 is 0 Å². The fourth-order valence-corrected chi connectivity index (χ4v) is 2.84. The van der Waals surface area contributed by atoms with Crippen LogP contribution in [0.5, 0.6) is 0 Å². The number of piperidine rings is 1. The predicted molar refractivity (Wildman–Crippen MR) is 75.0 cm³/mol. The number of nitrogens with two attached hydrogens (primary N) is 2. The Morgan fingerprint density at radius 3 is 2.70 bits per heavy atom. The minimum Gasteiger partial charge on any atom is -0.399 e. The van der Waals surface area contributed by atoms with E-state index in [0.29, 0.717) is 43.2 Å². The molecule has 0 unspecified atom stereocenters. The SMILES string of the molecule is Nc1ccc(C(=O)N2CCCC3(C2)OCCO3)c(N)c1. The molecule has 1 spiro atoms. The largest absolute Gasteiger partial charge is 0.399 e. The molecule has 0 radical (unpaired) electrons. The van der Waals surface area contributed by atoms with Crippen LogP contribution in [0.1, 0.15) is 23.2 Å². The number of nitrogen functional groups attached to an aromatic ring is 2. The Morgan fingerprint density at radius 1 is 1.25 bits per heavy atom. The maximum atomic E-state index is 12.6. The maximum absolute atomic E-state index is 12.6. The van der Waals surface area contributed by atoms with Gasteiger partial charge in [0.2, 0.25) is 0 Å². The number of anilines is 2. The summed E-state index contributed by atoms with van der Waals surface area (Å²) in [5.41, 5.74) is 13.0. The molecular formula is C14H19N3O3. The normalized spacial score (nSPS) is 21.3. The number of hydrogen-bond donors (Lipinski definition) is 2. The molecule has 6 nitrogen and oxygen atoms in total. The lowest BCUT2D eigenvalue weighted by molar-refractivity contribution is -0.183. The first-order chi connectivity index (χ1) is 9.60. The first kappa shape index (κ1) is 13.2. The number of benzene rings is 1. The lowest BCUT2D eigenvalue weighted by Gasteiger charge is -2.38. The Bertz CT molecular complexity index is 526. The van der Waals surface area contributed by atoms with Crippen LogP contribution < -0.4 is 11.5 Å². The third-order valence-electron chi connectivity index (χ3n) is 3.82. The van der Waals surface area contributed by atoms with Crippen molar-refractivity contribution in [2.24, 2.45) is 0 Å². The molecule has 20 heavy (non-hydrogen) atoms. The molecule has 3 rings (SSSR count). The summed E-state index contributed by atoms with van der Waals surface area (Å²) in [5.74, 6) is -0.711. The van der Waals surface area contributed by atoms with Crippen LogP contribution >= 0.6 is 0 Å². The third-order valence-corrected chi connectivity index (χ3v) is 3.82. The zero-order valence-corrected chi connectivity index (χ0v) is 11.3. The molecule has 0 aliphatic carbocycles. The van der Waals surface area contributed by atoms with Crippen molar-refractivity contribution in [3.05, 3.63) is 23.8 Å². The van der Waals surface area contributed by atoms with E-state index in [-0.39, 0.29) is 5.91 Å². The summed E-state index contributed by atoms with van der Waals surface area (Å²) >= 11 is 0. The number of rotatable bonds is 1. The molecule has 6 heteroatoms. The molecule has 0 atom stereocenters. The highest BCUT2D eigenvalue weighted by Crippen LogP contribution is 2.31. The monoisotopic (exact) mass is 277 g/mol. The highest BCUT2D eigenvalue weighted by molar-refractivity contribution is 5.99. The molecule has 2 aliphatic rings. The number of carbonyl (C=O) groups excluding carboxylic acids is 1. The van der Waals surface area contributed by atoms with Crippen LogP contribution in [-0.2, 0) is 9.47 Å². The van der Waals surface area contributed by atoms with Crippen molar-refractivity contribution in [2.45, 2.75) is 18.6 Å². The van der Waals surface area contributed by atoms with Crippen molar-refractivity contribution < 1.29 is 14.3 Å². The van der Waals surface area contributed by atoms with Gasteiger partial charge in [-0.2, -0.15) is 0 Å². The average Bonchev–Trinajstić information content (AvgIpc) is 2.86. The van der Waals surface area contributed by atoms with E-state index in [1.54, 1.807) is 23.1 Å². The third kappa shape index (κ3) is 2.32. The second kappa shape index (κ2) is 4.96. The van der Waals surface area contributed by atoms with Gasteiger partial charge in [-0.1, -0.05) is 0 Å². The van der Waals surface area contributed by atoms with E-state index in [1.165, 1.54) is 0 Å². The summed E-state index contributed by atoms with van der Waals surface area (Å²) in [7, 11) is 0. The first-order valence-corrected chi connectivity index (χ1v) is 6.82. The second-order valence-electron chi connectivity index (χ2n) is 5.28.